The summed E-state index contributed by atoms with van der Waals surface area (Å²) in [5, 5.41) is 1.25. The Labute approximate surface area is 183 Å². The van der Waals surface area contributed by atoms with Crippen molar-refractivity contribution >= 4 is 17.1 Å². The van der Waals surface area contributed by atoms with Crippen LogP contribution in [-0.2, 0) is 0 Å². The largest absolute Gasteiger partial charge is 0.497 e. The quantitative estimate of drug-likeness (QED) is 0.647. The maximum atomic E-state index is 5.36. The van der Waals surface area contributed by atoms with Crippen LogP contribution in [-0.4, -0.2) is 60.3 Å². The Morgan fingerprint density at radius 1 is 0.968 bits per heavy atom. The van der Waals surface area contributed by atoms with Crippen LogP contribution in [0.15, 0.2) is 59.7 Å². The monoisotopic (exact) mass is 414 g/mol. The number of methoxy groups -OCH3 is 1. The number of ether oxygens (including phenoxy) is 1. The zero-order chi connectivity index (χ0) is 21.2. The number of nitrogens with zero attached hydrogens (tertiary/aromatic N) is 3. The number of nitrogens with one attached hydrogen (secondary N) is 1. The van der Waals surface area contributed by atoms with Gasteiger partial charge in [0.2, 0.25) is 0 Å². The molecule has 5 heteroatoms. The molecule has 4 aliphatic heterocycles. The van der Waals surface area contributed by atoms with Gasteiger partial charge < -0.3 is 9.72 Å². The summed E-state index contributed by atoms with van der Waals surface area (Å²) in [5.74, 6) is 0.920. The zero-order valence-corrected chi connectivity index (χ0v) is 18.5. The molecule has 0 spiro atoms. The van der Waals surface area contributed by atoms with Gasteiger partial charge in [-0.3, -0.25) is 14.8 Å². The first-order valence-electron chi connectivity index (χ1n) is 11.2. The Kier molecular flexibility index (Phi) is 4.11. The van der Waals surface area contributed by atoms with Crippen molar-refractivity contribution < 1.29 is 4.74 Å². The number of hydrogen-bond donors (Lipinski definition) is 1. The maximum absolute atomic E-state index is 5.36. The Bertz CT molecular complexity index is 1110. The van der Waals surface area contributed by atoms with Crippen LogP contribution in [0.25, 0.3) is 10.9 Å². The highest BCUT2D eigenvalue weighted by Crippen LogP contribution is 2.55. The van der Waals surface area contributed by atoms with E-state index in [0.717, 1.165) is 31.9 Å². The van der Waals surface area contributed by atoms with Crippen molar-refractivity contribution in [2.75, 3.05) is 33.3 Å². The van der Waals surface area contributed by atoms with E-state index in [-0.39, 0.29) is 10.8 Å². The van der Waals surface area contributed by atoms with Crippen LogP contribution in [0.5, 0.6) is 5.75 Å². The number of H-pyrrole nitrogens is 1. The van der Waals surface area contributed by atoms with Crippen LogP contribution in [0.3, 0.4) is 0 Å². The van der Waals surface area contributed by atoms with Crippen molar-refractivity contribution in [3.8, 4) is 5.75 Å². The molecule has 2 aromatic carbocycles. The van der Waals surface area contributed by atoms with Gasteiger partial charge in [0.05, 0.1) is 19.3 Å². The van der Waals surface area contributed by atoms with Crippen molar-refractivity contribution in [2.45, 2.75) is 26.1 Å². The van der Waals surface area contributed by atoms with Gasteiger partial charge in [-0.05, 0) is 29.8 Å². The predicted molar refractivity (Wildman–Crippen MR) is 125 cm³/mol. The first-order valence-corrected chi connectivity index (χ1v) is 11.2. The molecule has 4 bridgehead atoms. The van der Waals surface area contributed by atoms with Gasteiger partial charge in [-0.15, -0.1) is 0 Å². The summed E-state index contributed by atoms with van der Waals surface area (Å²) in [6.07, 6.45) is 4.50. The number of rotatable bonds is 4. The molecule has 0 amide bonds. The molecular weight excluding hydrogens is 384 g/mol. The molecule has 3 aromatic rings. The third kappa shape index (κ3) is 2.87. The van der Waals surface area contributed by atoms with Crippen molar-refractivity contribution in [3.05, 3.63) is 65.9 Å². The minimum Gasteiger partial charge on any atom is -0.497 e. The summed E-state index contributed by atoms with van der Waals surface area (Å²) in [5.41, 5.74) is 4.07. The highest BCUT2D eigenvalue weighted by atomic mass is 16.5. The lowest BCUT2D eigenvalue weighted by atomic mass is 9.59. The van der Waals surface area contributed by atoms with E-state index in [1.807, 2.05) is 6.20 Å². The number of piperidine rings is 2. The molecular formula is C26H30N4O. The second-order valence-electron chi connectivity index (χ2n) is 10.2. The van der Waals surface area contributed by atoms with Gasteiger partial charge in [0.25, 0.3) is 0 Å². The van der Waals surface area contributed by atoms with E-state index in [0.29, 0.717) is 12.2 Å². The molecule has 0 atom stereocenters. The molecule has 4 aliphatic rings. The summed E-state index contributed by atoms with van der Waals surface area (Å²) < 4.78 is 5.36. The van der Waals surface area contributed by atoms with Gasteiger partial charge in [-0.2, -0.15) is 0 Å². The summed E-state index contributed by atoms with van der Waals surface area (Å²) in [4.78, 5) is 13.9. The molecule has 7 rings (SSSR count). The second kappa shape index (κ2) is 6.68. The van der Waals surface area contributed by atoms with Crippen molar-refractivity contribution in [3.63, 3.8) is 0 Å². The number of hydrogen-bond acceptors (Lipinski definition) is 4. The van der Waals surface area contributed by atoms with E-state index in [1.54, 1.807) is 7.11 Å². The van der Waals surface area contributed by atoms with Gasteiger partial charge in [0.15, 0.2) is 0 Å². The summed E-state index contributed by atoms with van der Waals surface area (Å²) >= 11 is 0. The van der Waals surface area contributed by atoms with Crippen molar-refractivity contribution in [1.29, 1.82) is 0 Å². The van der Waals surface area contributed by atoms with Gasteiger partial charge in [0.1, 0.15) is 5.75 Å². The maximum Gasteiger partial charge on any atom is 0.118 e. The first-order chi connectivity index (χ1) is 15.0. The van der Waals surface area contributed by atoms with E-state index in [1.165, 1.54) is 22.0 Å². The molecule has 4 saturated heterocycles. The average molecular weight is 415 g/mol. The lowest BCUT2D eigenvalue weighted by molar-refractivity contribution is -0.205. The van der Waals surface area contributed by atoms with E-state index in [2.05, 4.69) is 83.4 Å². The van der Waals surface area contributed by atoms with Crippen molar-refractivity contribution in [1.82, 2.24) is 14.8 Å². The number of aromatic amines is 1. The Morgan fingerprint density at radius 2 is 1.65 bits per heavy atom. The number of aliphatic imine (C=N–C) groups is 1. The Balaban J connectivity index is 1.30. The van der Waals surface area contributed by atoms with Crippen molar-refractivity contribution in [2.24, 2.45) is 15.8 Å². The number of benzene rings is 2. The minimum atomic E-state index is 0.163. The van der Waals surface area contributed by atoms with E-state index in [9.17, 15) is 0 Å². The van der Waals surface area contributed by atoms with E-state index >= 15 is 0 Å². The summed E-state index contributed by atoms with van der Waals surface area (Å²) in [6, 6.07) is 17.5. The van der Waals surface area contributed by atoms with Gasteiger partial charge in [0, 0.05) is 65.9 Å². The summed E-state index contributed by atoms with van der Waals surface area (Å²) in [6.45, 7) is 9.23. The van der Waals surface area contributed by atoms with Crippen LogP contribution in [0.2, 0.25) is 0 Å². The molecule has 0 saturated carbocycles. The Morgan fingerprint density at radius 3 is 2.29 bits per heavy atom. The highest BCUT2D eigenvalue weighted by molar-refractivity contribution is 5.98. The van der Waals surface area contributed by atoms with Crippen LogP contribution in [0, 0.1) is 10.8 Å². The third-order valence-electron chi connectivity index (χ3n) is 7.67. The van der Waals surface area contributed by atoms with E-state index in [4.69, 9.17) is 9.73 Å². The molecule has 0 aliphatic carbocycles. The fourth-order valence-electron chi connectivity index (χ4n) is 6.77. The number of aromatic nitrogens is 1. The van der Waals surface area contributed by atoms with Crippen LogP contribution < -0.4 is 4.74 Å². The topological polar surface area (TPSA) is 43.9 Å². The predicted octanol–water partition coefficient (Wildman–Crippen LogP) is 4.32. The molecule has 4 fully saturated rings. The lowest BCUT2D eigenvalue weighted by Crippen LogP contribution is -2.76. The molecule has 1 N–H and O–H groups in total. The van der Waals surface area contributed by atoms with E-state index < -0.39 is 0 Å². The summed E-state index contributed by atoms with van der Waals surface area (Å²) in [7, 11) is 1.73. The standard InChI is InChI=1S/C26H30N4O/c1-25-14-29-16-26(2,17-30(15-25)23(29)18-7-9-20(31-3)10-8-18)24(25)28-13-19-5-4-6-22-21(19)11-12-27-22/h4-13,23-24,27H,14-17H2,1-3H3. The number of fused-ring (bicyclic) bond motifs is 1. The molecule has 160 valence electrons. The SMILES string of the molecule is COc1ccc(C2N3CC4(C)CN2CC(C)(C3)C4N=Cc2cccc3[nH]ccc23)cc1. The molecule has 5 heterocycles. The molecule has 1 aromatic heterocycles. The molecule has 31 heavy (non-hydrogen) atoms. The molecule has 0 radical (unpaired) electrons. The van der Waals surface area contributed by atoms with Crippen LogP contribution in [0.4, 0.5) is 0 Å². The fraction of sp³-hybridized carbons (Fsp3) is 0.423. The minimum absolute atomic E-state index is 0.163. The smallest absolute Gasteiger partial charge is 0.118 e. The van der Waals surface area contributed by atoms with Gasteiger partial charge >= 0.3 is 0 Å². The average Bonchev–Trinajstić information content (AvgIpc) is 3.22. The highest BCUT2D eigenvalue weighted by Gasteiger charge is 2.62. The van der Waals surface area contributed by atoms with Gasteiger partial charge in [-0.1, -0.05) is 38.1 Å². The molecule has 0 unspecified atom stereocenters. The van der Waals surface area contributed by atoms with Crippen LogP contribution in [0.1, 0.15) is 31.1 Å². The zero-order valence-electron chi connectivity index (χ0n) is 18.5. The Hall–Kier alpha value is -2.63. The second-order valence-corrected chi connectivity index (χ2v) is 10.2. The van der Waals surface area contributed by atoms with Crippen LogP contribution >= 0.6 is 0 Å². The fourth-order valence-corrected chi connectivity index (χ4v) is 6.77. The third-order valence-corrected chi connectivity index (χ3v) is 7.67. The normalized spacial score (nSPS) is 36.5. The van der Waals surface area contributed by atoms with Gasteiger partial charge in [-0.25, -0.2) is 0 Å². The first kappa shape index (κ1) is 19.1. The molecule has 5 nitrogen and oxygen atoms in total. The lowest BCUT2D eigenvalue weighted by Gasteiger charge is -2.68.